The lowest BCUT2D eigenvalue weighted by Crippen LogP contribution is -2.14. The first-order valence-corrected chi connectivity index (χ1v) is 5.53. The lowest BCUT2D eigenvalue weighted by molar-refractivity contribution is 0.102. The number of nitrogens with zero attached hydrogens (tertiary/aromatic N) is 2. The number of aryl methyl sites for hydroxylation is 1. The Balaban J connectivity index is 2.18. The zero-order valence-electron chi connectivity index (χ0n) is 8.60. The molecule has 6 heteroatoms. The maximum absolute atomic E-state index is 11.7. The van der Waals surface area contributed by atoms with Crippen LogP contribution in [0.2, 0.25) is 0 Å². The van der Waals surface area contributed by atoms with Crippen LogP contribution in [0.5, 0.6) is 0 Å². The van der Waals surface area contributed by atoms with Gasteiger partial charge in [0.05, 0.1) is 17.4 Å². The van der Waals surface area contributed by atoms with Crippen molar-refractivity contribution in [1.82, 2.24) is 9.97 Å². The molecular formula is C10H10N4OS. The number of nitrogens with one attached hydrogen (secondary N) is 1. The fourth-order valence-electron chi connectivity index (χ4n) is 1.22. The van der Waals surface area contributed by atoms with Crippen molar-refractivity contribution in [3.05, 3.63) is 34.4 Å². The molecule has 0 bridgehead atoms. The van der Waals surface area contributed by atoms with Gasteiger partial charge in [-0.1, -0.05) is 0 Å². The summed E-state index contributed by atoms with van der Waals surface area (Å²) >= 11 is 1.37. The number of anilines is 2. The molecule has 16 heavy (non-hydrogen) atoms. The van der Waals surface area contributed by atoms with Gasteiger partial charge in [0, 0.05) is 5.38 Å². The van der Waals surface area contributed by atoms with Crippen LogP contribution >= 0.6 is 11.3 Å². The molecule has 0 aliphatic carbocycles. The van der Waals surface area contributed by atoms with Gasteiger partial charge in [0.2, 0.25) is 0 Å². The molecule has 2 heterocycles. The van der Waals surface area contributed by atoms with E-state index >= 15 is 0 Å². The van der Waals surface area contributed by atoms with E-state index in [0.29, 0.717) is 17.2 Å². The Hall–Kier alpha value is -1.95. The summed E-state index contributed by atoms with van der Waals surface area (Å²) < 4.78 is 0. The van der Waals surface area contributed by atoms with Gasteiger partial charge >= 0.3 is 0 Å². The molecule has 0 saturated carbocycles. The van der Waals surface area contributed by atoms with E-state index in [4.69, 9.17) is 5.73 Å². The zero-order chi connectivity index (χ0) is 11.5. The lowest BCUT2D eigenvalue weighted by Gasteiger charge is -2.06. The second-order valence-electron chi connectivity index (χ2n) is 3.26. The SMILES string of the molecule is Cc1cc(N)cnc1NC(=O)c1cscn1. The number of pyridine rings is 1. The molecule has 0 aliphatic heterocycles. The van der Waals surface area contributed by atoms with E-state index in [-0.39, 0.29) is 5.91 Å². The van der Waals surface area contributed by atoms with E-state index in [9.17, 15) is 4.79 Å². The minimum atomic E-state index is -0.262. The molecule has 0 atom stereocenters. The minimum absolute atomic E-state index is 0.262. The molecule has 2 aromatic rings. The van der Waals surface area contributed by atoms with Gasteiger partial charge in [0.1, 0.15) is 11.5 Å². The van der Waals surface area contributed by atoms with Crippen molar-refractivity contribution in [2.45, 2.75) is 6.92 Å². The molecule has 0 fully saturated rings. The summed E-state index contributed by atoms with van der Waals surface area (Å²) in [6, 6.07) is 1.75. The number of amides is 1. The number of nitrogen functional groups attached to an aromatic ring is 1. The number of thiazole rings is 1. The highest BCUT2D eigenvalue weighted by atomic mass is 32.1. The first-order chi connectivity index (χ1) is 7.66. The summed E-state index contributed by atoms with van der Waals surface area (Å²) in [5.74, 6) is 0.244. The highest BCUT2D eigenvalue weighted by Crippen LogP contribution is 2.14. The molecule has 3 N–H and O–H groups in total. The molecule has 2 rings (SSSR count). The molecule has 0 saturated heterocycles. The average Bonchev–Trinajstić information content (AvgIpc) is 2.75. The topological polar surface area (TPSA) is 80.9 Å². The van der Waals surface area contributed by atoms with Crippen molar-refractivity contribution in [2.75, 3.05) is 11.1 Å². The number of hydrogen-bond donors (Lipinski definition) is 2. The second kappa shape index (κ2) is 4.28. The third-order valence-electron chi connectivity index (χ3n) is 2.00. The van der Waals surface area contributed by atoms with Gasteiger partial charge in [-0.3, -0.25) is 4.79 Å². The van der Waals surface area contributed by atoms with Crippen LogP contribution in [0.15, 0.2) is 23.2 Å². The third kappa shape index (κ3) is 2.17. The van der Waals surface area contributed by atoms with Gasteiger partial charge < -0.3 is 11.1 Å². The van der Waals surface area contributed by atoms with Crippen LogP contribution in [0.1, 0.15) is 16.1 Å². The molecule has 0 radical (unpaired) electrons. The molecule has 5 nitrogen and oxygen atoms in total. The quantitative estimate of drug-likeness (QED) is 0.828. The Morgan fingerprint density at radius 2 is 2.31 bits per heavy atom. The number of carbonyl (C=O) groups excluding carboxylic acids is 1. The van der Waals surface area contributed by atoms with E-state index in [2.05, 4.69) is 15.3 Å². The third-order valence-corrected chi connectivity index (χ3v) is 2.58. The monoisotopic (exact) mass is 234 g/mol. The molecule has 1 amide bonds. The second-order valence-corrected chi connectivity index (χ2v) is 3.98. The summed E-state index contributed by atoms with van der Waals surface area (Å²) in [5, 5.41) is 4.36. The number of aromatic nitrogens is 2. The van der Waals surface area contributed by atoms with Crippen molar-refractivity contribution < 1.29 is 4.79 Å². The van der Waals surface area contributed by atoms with Crippen LogP contribution in [0.25, 0.3) is 0 Å². The Labute approximate surface area is 96.3 Å². The number of carbonyl (C=O) groups is 1. The maximum atomic E-state index is 11.7. The van der Waals surface area contributed by atoms with Crippen LogP contribution in [0.3, 0.4) is 0 Å². The van der Waals surface area contributed by atoms with E-state index in [1.54, 1.807) is 17.0 Å². The summed E-state index contributed by atoms with van der Waals surface area (Å²) in [4.78, 5) is 19.6. The fourth-order valence-corrected chi connectivity index (χ4v) is 1.76. The largest absolute Gasteiger partial charge is 0.397 e. The predicted molar refractivity (Wildman–Crippen MR) is 63.5 cm³/mol. The highest BCUT2D eigenvalue weighted by molar-refractivity contribution is 7.07. The lowest BCUT2D eigenvalue weighted by atomic mass is 10.2. The smallest absolute Gasteiger partial charge is 0.276 e. The normalized spacial score (nSPS) is 10.1. The van der Waals surface area contributed by atoms with E-state index < -0.39 is 0 Å². The highest BCUT2D eigenvalue weighted by Gasteiger charge is 2.10. The Morgan fingerprint density at radius 1 is 1.50 bits per heavy atom. The van der Waals surface area contributed by atoms with E-state index in [1.165, 1.54) is 17.5 Å². The van der Waals surface area contributed by atoms with Crippen molar-refractivity contribution in [3.8, 4) is 0 Å². The summed E-state index contributed by atoms with van der Waals surface area (Å²) in [5.41, 5.74) is 8.96. The predicted octanol–water partition coefficient (Wildman–Crippen LogP) is 1.68. The standard InChI is InChI=1S/C10H10N4OS/c1-6-2-7(11)3-12-9(6)14-10(15)8-4-16-5-13-8/h2-5H,11H2,1H3,(H,12,14,15). The van der Waals surface area contributed by atoms with Gasteiger partial charge in [0.25, 0.3) is 5.91 Å². The molecule has 2 aromatic heterocycles. The molecular weight excluding hydrogens is 224 g/mol. The van der Waals surface area contributed by atoms with Crippen LogP contribution in [-0.4, -0.2) is 15.9 Å². The van der Waals surface area contributed by atoms with Gasteiger partial charge in [-0.05, 0) is 18.6 Å². The van der Waals surface area contributed by atoms with Crippen LogP contribution < -0.4 is 11.1 Å². The van der Waals surface area contributed by atoms with E-state index in [0.717, 1.165) is 5.56 Å². The molecule has 0 aliphatic rings. The van der Waals surface area contributed by atoms with Crippen molar-refractivity contribution in [3.63, 3.8) is 0 Å². The fraction of sp³-hybridized carbons (Fsp3) is 0.100. The molecule has 0 spiro atoms. The Kier molecular flexibility index (Phi) is 2.82. The first kappa shape index (κ1) is 10.6. The van der Waals surface area contributed by atoms with Crippen molar-refractivity contribution >= 4 is 28.7 Å². The number of nitrogens with two attached hydrogens (primary N) is 1. The van der Waals surface area contributed by atoms with Gasteiger partial charge in [-0.25, -0.2) is 9.97 Å². The van der Waals surface area contributed by atoms with Gasteiger partial charge in [-0.15, -0.1) is 11.3 Å². The van der Waals surface area contributed by atoms with Crippen LogP contribution in [-0.2, 0) is 0 Å². The van der Waals surface area contributed by atoms with E-state index in [1.807, 2.05) is 6.92 Å². The first-order valence-electron chi connectivity index (χ1n) is 4.58. The van der Waals surface area contributed by atoms with Gasteiger partial charge in [0.15, 0.2) is 0 Å². The van der Waals surface area contributed by atoms with Crippen LogP contribution in [0.4, 0.5) is 11.5 Å². The zero-order valence-corrected chi connectivity index (χ0v) is 9.41. The van der Waals surface area contributed by atoms with Gasteiger partial charge in [-0.2, -0.15) is 0 Å². The molecule has 0 unspecified atom stereocenters. The number of hydrogen-bond acceptors (Lipinski definition) is 5. The minimum Gasteiger partial charge on any atom is -0.397 e. The number of rotatable bonds is 2. The average molecular weight is 234 g/mol. The molecule has 82 valence electrons. The van der Waals surface area contributed by atoms with Crippen molar-refractivity contribution in [1.29, 1.82) is 0 Å². The Bertz CT molecular complexity index is 510. The molecule has 0 aromatic carbocycles. The summed E-state index contributed by atoms with van der Waals surface area (Å²) in [6.07, 6.45) is 1.50. The maximum Gasteiger partial charge on any atom is 0.276 e. The summed E-state index contributed by atoms with van der Waals surface area (Å²) in [7, 11) is 0. The van der Waals surface area contributed by atoms with Crippen LogP contribution in [0, 0.1) is 6.92 Å². The summed E-state index contributed by atoms with van der Waals surface area (Å²) in [6.45, 7) is 1.83. The van der Waals surface area contributed by atoms with Crippen molar-refractivity contribution in [2.24, 2.45) is 0 Å². The Morgan fingerprint density at radius 3 is 2.94 bits per heavy atom.